The molecule has 0 saturated carbocycles. The van der Waals surface area contributed by atoms with E-state index < -0.39 is 6.04 Å². The molecule has 1 aliphatic heterocycles. The van der Waals surface area contributed by atoms with Gasteiger partial charge in [-0.05, 0) is 20.8 Å². The van der Waals surface area contributed by atoms with Crippen LogP contribution >= 0.6 is 0 Å². The summed E-state index contributed by atoms with van der Waals surface area (Å²) in [5.74, 6) is -0.0985. The van der Waals surface area contributed by atoms with Gasteiger partial charge in [0.05, 0.1) is 0 Å². The molecule has 1 unspecified atom stereocenters. The van der Waals surface area contributed by atoms with Gasteiger partial charge in [0.2, 0.25) is 5.91 Å². The Labute approximate surface area is 102 Å². The number of hydrogen-bond donors (Lipinski definition) is 3. The molecular formula is C11H22N4O2. The van der Waals surface area contributed by atoms with Crippen LogP contribution in [0.3, 0.4) is 0 Å². The Morgan fingerprint density at radius 1 is 1.47 bits per heavy atom. The minimum Gasteiger partial charge on any atom is -0.355 e. The number of hydrogen-bond acceptors (Lipinski definition) is 3. The van der Waals surface area contributed by atoms with Gasteiger partial charge in [-0.25, -0.2) is 4.79 Å². The zero-order valence-corrected chi connectivity index (χ0v) is 10.7. The van der Waals surface area contributed by atoms with E-state index in [1.54, 1.807) is 4.90 Å². The minimum atomic E-state index is -0.414. The van der Waals surface area contributed by atoms with Crippen molar-refractivity contribution < 1.29 is 9.59 Å². The third-order valence-corrected chi connectivity index (χ3v) is 2.57. The molecular weight excluding hydrogens is 220 g/mol. The highest BCUT2D eigenvalue weighted by atomic mass is 16.2. The molecule has 3 N–H and O–H groups in total. The van der Waals surface area contributed by atoms with Crippen LogP contribution in [0, 0.1) is 0 Å². The van der Waals surface area contributed by atoms with Gasteiger partial charge in [-0.3, -0.25) is 4.79 Å². The summed E-state index contributed by atoms with van der Waals surface area (Å²) in [6, 6.07) is -0.507. The summed E-state index contributed by atoms with van der Waals surface area (Å²) in [7, 11) is 0. The van der Waals surface area contributed by atoms with E-state index >= 15 is 0 Å². The predicted molar refractivity (Wildman–Crippen MR) is 65.7 cm³/mol. The first-order valence-corrected chi connectivity index (χ1v) is 6.11. The Kier molecular flexibility index (Phi) is 5.21. The lowest BCUT2D eigenvalue weighted by Gasteiger charge is -2.35. The van der Waals surface area contributed by atoms with E-state index in [1.807, 2.05) is 20.8 Å². The quantitative estimate of drug-likeness (QED) is 0.625. The van der Waals surface area contributed by atoms with Crippen LogP contribution in [-0.2, 0) is 4.79 Å². The molecule has 0 radical (unpaired) electrons. The number of nitrogens with one attached hydrogen (secondary N) is 3. The van der Waals surface area contributed by atoms with Gasteiger partial charge in [0.25, 0.3) is 0 Å². The maximum absolute atomic E-state index is 11.9. The van der Waals surface area contributed by atoms with E-state index in [9.17, 15) is 9.59 Å². The molecule has 1 fully saturated rings. The van der Waals surface area contributed by atoms with Crippen molar-refractivity contribution in [3.8, 4) is 0 Å². The molecule has 1 saturated heterocycles. The Balaban J connectivity index is 2.65. The molecule has 6 nitrogen and oxygen atoms in total. The molecule has 98 valence electrons. The first-order chi connectivity index (χ1) is 8.06. The van der Waals surface area contributed by atoms with Crippen molar-refractivity contribution in [3.05, 3.63) is 0 Å². The molecule has 0 aromatic heterocycles. The Morgan fingerprint density at radius 3 is 2.76 bits per heavy atom. The molecule has 0 aromatic carbocycles. The summed E-state index contributed by atoms with van der Waals surface area (Å²) in [4.78, 5) is 25.4. The molecule has 0 aliphatic carbocycles. The molecule has 17 heavy (non-hydrogen) atoms. The maximum atomic E-state index is 11.9. The van der Waals surface area contributed by atoms with Gasteiger partial charge in [-0.15, -0.1) is 0 Å². The summed E-state index contributed by atoms with van der Waals surface area (Å²) >= 11 is 0. The first kappa shape index (κ1) is 13.8. The van der Waals surface area contributed by atoms with Crippen LogP contribution in [0.15, 0.2) is 0 Å². The van der Waals surface area contributed by atoms with Crippen LogP contribution in [0.4, 0.5) is 4.79 Å². The highest BCUT2D eigenvalue weighted by molar-refractivity contribution is 5.87. The number of urea groups is 1. The number of nitrogens with zero attached hydrogens (tertiary/aromatic N) is 1. The van der Waals surface area contributed by atoms with Crippen molar-refractivity contribution in [1.29, 1.82) is 0 Å². The van der Waals surface area contributed by atoms with E-state index in [4.69, 9.17) is 0 Å². The number of likely N-dealkylation sites (N-methyl/N-ethyl adjacent to an activating group) is 1. The summed E-state index contributed by atoms with van der Waals surface area (Å²) in [6.45, 7) is 8.04. The average molecular weight is 242 g/mol. The minimum absolute atomic E-state index is 0.0762. The molecule has 1 rings (SSSR count). The van der Waals surface area contributed by atoms with Crippen molar-refractivity contribution in [2.24, 2.45) is 0 Å². The fourth-order valence-electron chi connectivity index (χ4n) is 1.80. The Hall–Kier alpha value is -1.30. The fourth-order valence-corrected chi connectivity index (χ4v) is 1.80. The number of carbonyl (C=O) groups is 2. The number of carbonyl (C=O) groups excluding carboxylic acids is 2. The molecule has 1 atom stereocenters. The topological polar surface area (TPSA) is 73.5 Å². The van der Waals surface area contributed by atoms with Gasteiger partial charge in [-0.2, -0.15) is 0 Å². The Morgan fingerprint density at radius 2 is 2.18 bits per heavy atom. The second-order valence-electron chi connectivity index (χ2n) is 4.41. The van der Waals surface area contributed by atoms with E-state index in [2.05, 4.69) is 16.0 Å². The normalized spacial score (nSPS) is 20.2. The van der Waals surface area contributed by atoms with Gasteiger partial charge < -0.3 is 20.9 Å². The zero-order chi connectivity index (χ0) is 12.8. The van der Waals surface area contributed by atoms with Crippen LogP contribution in [-0.4, -0.2) is 55.1 Å². The lowest BCUT2D eigenvalue weighted by Crippen LogP contribution is -2.62. The SMILES string of the molecule is CCNC(=O)C1CNCCN1C(=O)NC(C)C. The van der Waals surface area contributed by atoms with Crippen LogP contribution in [0.1, 0.15) is 20.8 Å². The summed E-state index contributed by atoms with van der Waals surface area (Å²) in [5, 5.41) is 8.70. The van der Waals surface area contributed by atoms with Gasteiger partial charge >= 0.3 is 6.03 Å². The van der Waals surface area contributed by atoms with Crippen LogP contribution in [0.25, 0.3) is 0 Å². The fraction of sp³-hybridized carbons (Fsp3) is 0.818. The molecule has 0 aromatic rings. The third kappa shape index (κ3) is 3.89. The van der Waals surface area contributed by atoms with E-state index in [1.165, 1.54) is 0 Å². The van der Waals surface area contributed by atoms with E-state index in [0.29, 0.717) is 19.6 Å². The zero-order valence-electron chi connectivity index (χ0n) is 10.7. The smallest absolute Gasteiger partial charge is 0.318 e. The highest BCUT2D eigenvalue weighted by Crippen LogP contribution is 2.04. The van der Waals surface area contributed by atoms with Gasteiger partial charge in [-0.1, -0.05) is 0 Å². The monoisotopic (exact) mass is 242 g/mol. The van der Waals surface area contributed by atoms with Crippen molar-refractivity contribution in [3.63, 3.8) is 0 Å². The lowest BCUT2D eigenvalue weighted by atomic mass is 10.2. The maximum Gasteiger partial charge on any atom is 0.318 e. The van der Waals surface area contributed by atoms with Crippen molar-refractivity contribution in [2.75, 3.05) is 26.2 Å². The summed E-state index contributed by atoms with van der Waals surface area (Å²) in [6.07, 6.45) is 0. The standard InChI is InChI=1S/C11H22N4O2/c1-4-13-10(16)9-7-12-5-6-15(9)11(17)14-8(2)3/h8-9,12H,4-7H2,1-3H3,(H,13,16)(H,14,17). The van der Waals surface area contributed by atoms with Crippen LogP contribution in [0.2, 0.25) is 0 Å². The summed E-state index contributed by atoms with van der Waals surface area (Å²) in [5.41, 5.74) is 0. The third-order valence-electron chi connectivity index (χ3n) is 2.57. The van der Waals surface area contributed by atoms with Crippen molar-refractivity contribution in [1.82, 2.24) is 20.9 Å². The molecule has 0 bridgehead atoms. The number of piperazine rings is 1. The molecule has 6 heteroatoms. The second-order valence-corrected chi connectivity index (χ2v) is 4.41. The van der Waals surface area contributed by atoms with E-state index in [0.717, 1.165) is 6.54 Å². The summed E-state index contributed by atoms with van der Waals surface area (Å²) < 4.78 is 0. The first-order valence-electron chi connectivity index (χ1n) is 6.11. The molecule has 3 amide bonds. The predicted octanol–water partition coefficient (Wildman–Crippen LogP) is -0.486. The number of rotatable bonds is 3. The van der Waals surface area contributed by atoms with Gasteiger partial charge in [0.15, 0.2) is 0 Å². The van der Waals surface area contributed by atoms with Crippen molar-refractivity contribution >= 4 is 11.9 Å². The average Bonchev–Trinajstić information content (AvgIpc) is 2.28. The molecule has 1 heterocycles. The molecule has 0 spiro atoms. The van der Waals surface area contributed by atoms with Crippen LogP contribution < -0.4 is 16.0 Å². The van der Waals surface area contributed by atoms with Gasteiger partial charge in [0.1, 0.15) is 6.04 Å². The number of amides is 3. The van der Waals surface area contributed by atoms with Gasteiger partial charge in [0, 0.05) is 32.2 Å². The lowest BCUT2D eigenvalue weighted by molar-refractivity contribution is -0.125. The second kappa shape index (κ2) is 6.44. The van der Waals surface area contributed by atoms with E-state index in [-0.39, 0.29) is 18.0 Å². The highest BCUT2D eigenvalue weighted by Gasteiger charge is 2.31. The van der Waals surface area contributed by atoms with Crippen molar-refractivity contribution in [2.45, 2.75) is 32.9 Å². The Bertz CT molecular complexity index is 281. The molecule has 1 aliphatic rings. The van der Waals surface area contributed by atoms with Crippen LogP contribution in [0.5, 0.6) is 0 Å². The largest absolute Gasteiger partial charge is 0.355 e.